The van der Waals surface area contributed by atoms with Crippen LogP contribution in [0.3, 0.4) is 0 Å². The Kier molecular flexibility index (Phi) is 3.76. The summed E-state index contributed by atoms with van der Waals surface area (Å²) in [6, 6.07) is 1.89. The van der Waals surface area contributed by atoms with Crippen molar-refractivity contribution in [1.29, 1.82) is 0 Å². The number of aromatic nitrogens is 1. The number of aryl methyl sites for hydroxylation is 1. The van der Waals surface area contributed by atoms with Crippen molar-refractivity contribution in [2.24, 2.45) is 5.92 Å². The highest BCUT2D eigenvalue weighted by atomic mass is 16.3. The zero-order chi connectivity index (χ0) is 13.2. The Hall–Kier alpha value is -1.29. The zero-order valence-electron chi connectivity index (χ0n) is 11.2. The minimum absolute atomic E-state index is 0.528. The van der Waals surface area contributed by atoms with Crippen LogP contribution < -0.4 is 11.1 Å². The van der Waals surface area contributed by atoms with E-state index in [2.05, 4.69) is 17.2 Å². The Morgan fingerprint density at radius 2 is 2.17 bits per heavy atom. The predicted octanol–water partition coefficient (Wildman–Crippen LogP) is 2.33. The highest BCUT2D eigenvalue weighted by Crippen LogP contribution is 2.32. The van der Waals surface area contributed by atoms with Crippen LogP contribution in [0.4, 0.5) is 11.5 Å². The number of hydrogen-bond acceptors (Lipinski definition) is 4. The molecule has 1 aliphatic carbocycles. The van der Waals surface area contributed by atoms with Gasteiger partial charge in [0.1, 0.15) is 5.82 Å². The van der Waals surface area contributed by atoms with Gasteiger partial charge in [-0.2, -0.15) is 0 Å². The summed E-state index contributed by atoms with van der Waals surface area (Å²) in [7, 11) is 0. The van der Waals surface area contributed by atoms with Gasteiger partial charge in [-0.3, -0.25) is 0 Å². The standard InChI is InChI=1S/C14H23N3O/c1-10-3-5-14(18,6-4-10)9-17-13-12(15)7-11(2)8-16-13/h7-8,10,18H,3-6,9,15H2,1-2H3,(H,16,17). The normalized spacial score (nSPS) is 28.1. The van der Waals surface area contributed by atoms with Crippen LogP contribution in [0.25, 0.3) is 0 Å². The van der Waals surface area contributed by atoms with E-state index in [1.54, 1.807) is 6.20 Å². The second-order valence-electron chi connectivity index (χ2n) is 5.71. The fourth-order valence-corrected chi connectivity index (χ4v) is 2.46. The van der Waals surface area contributed by atoms with Crippen LogP contribution in [0.2, 0.25) is 0 Å². The van der Waals surface area contributed by atoms with Gasteiger partial charge >= 0.3 is 0 Å². The van der Waals surface area contributed by atoms with Crippen LogP contribution in [0.15, 0.2) is 12.3 Å². The molecule has 0 radical (unpaired) electrons. The highest BCUT2D eigenvalue weighted by molar-refractivity contribution is 5.61. The first-order valence-corrected chi connectivity index (χ1v) is 6.67. The first kappa shape index (κ1) is 13.1. The third-order valence-electron chi connectivity index (χ3n) is 3.84. The quantitative estimate of drug-likeness (QED) is 0.769. The van der Waals surface area contributed by atoms with Crippen molar-refractivity contribution in [3.8, 4) is 0 Å². The maximum absolute atomic E-state index is 10.5. The molecule has 1 aliphatic rings. The van der Waals surface area contributed by atoms with Gasteiger partial charge in [-0.05, 0) is 50.2 Å². The largest absolute Gasteiger partial charge is 0.396 e. The molecule has 4 heteroatoms. The SMILES string of the molecule is Cc1cnc(NCC2(O)CCC(C)CC2)c(N)c1. The van der Waals surface area contributed by atoms with Crippen LogP contribution in [0.5, 0.6) is 0 Å². The first-order valence-electron chi connectivity index (χ1n) is 6.67. The molecule has 0 amide bonds. The lowest BCUT2D eigenvalue weighted by atomic mass is 9.79. The lowest BCUT2D eigenvalue weighted by molar-refractivity contribution is 0.00496. The molecular weight excluding hydrogens is 226 g/mol. The van der Waals surface area contributed by atoms with Crippen molar-refractivity contribution >= 4 is 11.5 Å². The molecule has 0 saturated heterocycles. The number of aliphatic hydroxyl groups is 1. The van der Waals surface area contributed by atoms with E-state index in [0.717, 1.165) is 37.2 Å². The summed E-state index contributed by atoms with van der Waals surface area (Å²) in [6.07, 6.45) is 5.68. The Labute approximate surface area is 109 Å². The molecule has 1 fully saturated rings. The monoisotopic (exact) mass is 249 g/mol. The fourth-order valence-electron chi connectivity index (χ4n) is 2.46. The number of nitrogens with zero attached hydrogens (tertiary/aromatic N) is 1. The van der Waals surface area contributed by atoms with Gasteiger partial charge in [-0.1, -0.05) is 6.92 Å². The minimum atomic E-state index is -0.606. The first-order chi connectivity index (χ1) is 8.48. The summed E-state index contributed by atoms with van der Waals surface area (Å²) >= 11 is 0. The number of anilines is 2. The lowest BCUT2D eigenvalue weighted by Crippen LogP contribution is -2.40. The van der Waals surface area contributed by atoms with E-state index in [1.165, 1.54) is 0 Å². The summed E-state index contributed by atoms with van der Waals surface area (Å²) in [4.78, 5) is 4.26. The third-order valence-corrected chi connectivity index (χ3v) is 3.84. The topological polar surface area (TPSA) is 71.2 Å². The van der Waals surface area contributed by atoms with Gasteiger partial charge in [0, 0.05) is 12.7 Å². The van der Waals surface area contributed by atoms with Crippen LogP contribution in [-0.2, 0) is 0 Å². The molecule has 4 N–H and O–H groups in total. The highest BCUT2D eigenvalue weighted by Gasteiger charge is 2.31. The second kappa shape index (κ2) is 5.14. The van der Waals surface area contributed by atoms with E-state index in [9.17, 15) is 5.11 Å². The van der Waals surface area contributed by atoms with E-state index < -0.39 is 5.60 Å². The van der Waals surface area contributed by atoms with Crippen molar-refractivity contribution in [3.05, 3.63) is 17.8 Å². The van der Waals surface area contributed by atoms with Crippen LogP contribution in [0.1, 0.15) is 38.2 Å². The van der Waals surface area contributed by atoms with E-state index in [1.807, 2.05) is 13.0 Å². The maximum atomic E-state index is 10.5. The number of nitrogens with two attached hydrogens (primary N) is 1. The van der Waals surface area contributed by atoms with Crippen LogP contribution >= 0.6 is 0 Å². The summed E-state index contributed by atoms with van der Waals surface area (Å²) < 4.78 is 0. The molecule has 0 atom stereocenters. The van der Waals surface area contributed by atoms with Crippen molar-refractivity contribution in [3.63, 3.8) is 0 Å². The van der Waals surface area contributed by atoms with E-state index >= 15 is 0 Å². The molecule has 1 aromatic rings. The minimum Gasteiger partial charge on any atom is -0.396 e. The van der Waals surface area contributed by atoms with E-state index in [4.69, 9.17) is 5.73 Å². The second-order valence-corrected chi connectivity index (χ2v) is 5.71. The lowest BCUT2D eigenvalue weighted by Gasteiger charge is -2.35. The molecule has 18 heavy (non-hydrogen) atoms. The van der Waals surface area contributed by atoms with Gasteiger partial charge in [-0.15, -0.1) is 0 Å². The Morgan fingerprint density at radius 1 is 1.50 bits per heavy atom. The van der Waals surface area contributed by atoms with E-state index in [0.29, 0.717) is 18.1 Å². The van der Waals surface area contributed by atoms with Crippen molar-refractivity contribution < 1.29 is 5.11 Å². The third kappa shape index (κ3) is 3.13. The molecule has 1 heterocycles. The van der Waals surface area contributed by atoms with Gasteiger partial charge in [-0.25, -0.2) is 4.98 Å². The number of rotatable bonds is 3. The zero-order valence-corrected chi connectivity index (χ0v) is 11.2. The molecule has 2 rings (SSSR count). The number of hydrogen-bond donors (Lipinski definition) is 3. The van der Waals surface area contributed by atoms with Crippen LogP contribution in [-0.4, -0.2) is 22.2 Å². The average molecular weight is 249 g/mol. The van der Waals surface area contributed by atoms with Crippen molar-refractivity contribution in [2.45, 2.75) is 45.1 Å². The van der Waals surface area contributed by atoms with Gasteiger partial charge in [0.05, 0.1) is 11.3 Å². The molecule has 0 aromatic carbocycles. The number of nitrogen functional groups attached to an aromatic ring is 1. The fraction of sp³-hybridized carbons (Fsp3) is 0.643. The summed E-state index contributed by atoms with van der Waals surface area (Å²) in [5.74, 6) is 1.40. The maximum Gasteiger partial charge on any atom is 0.149 e. The predicted molar refractivity (Wildman–Crippen MR) is 74.5 cm³/mol. The van der Waals surface area contributed by atoms with Crippen molar-refractivity contribution in [1.82, 2.24) is 4.98 Å². The summed E-state index contributed by atoms with van der Waals surface area (Å²) in [5, 5.41) is 13.6. The summed E-state index contributed by atoms with van der Waals surface area (Å²) in [6.45, 7) is 4.73. The van der Waals surface area contributed by atoms with Gasteiger partial charge in [0.2, 0.25) is 0 Å². The number of pyridine rings is 1. The molecule has 1 saturated carbocycles. The Morgan fingerprint density at radius 3 is 2.78 bits per heavy atom. The van der Waals surface area contributed by atoms with E-state index in [-0.39, 0.29) is 0 Å². The molecule has 0 spiro atoms. The molecule has 0 aliphatic heterocycles. The molecule has 1 aromatic heterocycles. The van der Waals surface area contributed by atoms with Gasteiger partial charge in [0.15, 0.2) is 0 Å². The summed E-state index contributed by atoms with van der Waals surface area (Å²) in [5.41, 5.74) is 6.98. The Bertz CT molecular complexity index is 412. The molecule has 0 unspecified atom stereocenters. The van der Waals surface area contributed by atoms with Crippen molar-refractivity contribution in [2.75, 3.05) is 17.6 Å². The average Bonchev–Trinajstić information content (AvgIpc) is 2.32. The number of nitrogens with one attached hydrogen (secondary N) is 1. The van der Waals surface area contributed by atoms with Gasteiger partial charge < -0.3 is 16.2 Å². The molecule has 4 nitrogen and oxygen atoms in total. The molecular formula is C14H23N3O. The Balaban J connectivity index is 1.94. The molecule has 100 valence electrons. The molecule has 0 bridgehead atoms. The smallest absolute Gasteiger partial charge is 0.149 e. The van der Waals surface area contributed by atoms with Gasteiger partial charge in [0.25, 0.3) is 0 Å². The van der Waals surface area contributed by atoms with Crippen LogP contribution in [0, 0.1) is 12.8 Å².